The predicted molar refractivity (Wildman–Crippen MR) is 78.1 cm³/mol. The second-order valence-corrected chi connectivity index (χ2v) is 6.86. The van der Waals surface area contributed by atoms with Crippen LogP contribution in [-0.4, -0.2) is 39.5 Å². The lowest BCUT2D eigenvalue weighted by Gasteiger charge is -2.14. The van der Waals surface area contributed by atoms with E-state index in [4.69, 9.17) is 10.5 Å². The maximum absolute atomic E-state index is 11.9. The van der Waals surface area contributed by atoms with Gasteiger partial charge in [0.05, 0.1) is 18.4 Å². The van der Waals surface area contributed by atoms with E-state index in [-0.39, 0.29) is 12.2 Å². The molecule has 0 bridgehead atoms. The fourth-order valence-corrected chi connectivity index (χ4v) is 2.30. The number of nitrogens with two attached hydrogens (primary N) is 1. The normalized spacial score (nSPS) is 12.9. The van der Waals surface area contributed by atoms with Gasteiger partial charge in [-0.05, 0) is 12.5 Å². The largest absolute Gasteiger partial charge is 0.380 e. The van der Waals surface area contributed by atoms with E-state index in [1.165, 1.54) is 0 Å². The lowest BCUT2D eigenvalue weighted by Crippen LogP contribution is -2.37. The Morgan fingerprint density at radius 1 is 1.40 bits per heavy atom. The van der Waals surface area contributed by atoms with E-state index in [1.807, 2.05) is 12.1 Å². The zero-order valence-electron chi connectivity index (χ0n) is 11.6. The second kappa shape index (κ2) is 7.37. The van der Waals surface area contributed by atoms with Crippen LogP contribution in [0.5, 0.6) is 0 Å². The first kappa shape index (κ1) is 16.6. The summed E-state index contributed by atoms with van der Waals surface area (Å²) in [7, 11) is -1.56. The first-order valence-corrected chi connectivity index (χ1v) is 8.20. The van der Waals surface area contributed by atoms with Crippen LogP contribution >= 0.6 is 0 Å². The summed E-state index contributed by atoms with van der Waals surface area (Å²) >= 11 is 0. The van der Waals surface area contributed by atoms with Gasteiger partial charge in [0, 0.05) is 24.6 Å². The Morgan fingerprint density at radius 2 is 2.05 bits per heavy atom. The topological polar surface area (TPSA) is 98.5 Å². The first-order valence-electron chi connectivity index (χ1n) is 6.14. The van der Waals surface area contributed by atoms with Crippen molar-refractivity contribution in [2.75, 3.05) is 24.4 Å². The summed E-state index contributed by atoms with van der Waals surface area (Å²) in [6.45, 7) is 0.370. The Bertz CT molecular complexity index is 557. The molecule has 1 unspecified atom stereocenters. The van der Waals surface area contributed by atoms with Crippen molar-refractivity contribution in [2.24, 2.45) is 5.73 Å². The summed E-state index contributed by atoms with van der Waals surface area (Å²) < 4.78 is 27.1. The molecule has 0 aliphatic heterocycles. The van der Waals surface area contributed by atoms with Crippen LogP contribution in [0.2, 0.25) is 0 Å². The number of methoxy groups -OCH3 is 1. The van der Waals surface area contributed by atoms with E-state index in [9.17, 15) is 13.2 Å². The van der Waals surface area contributed by atoms with Gasteiger partial charge in [-0.25, -0.2) is 8.42 Å². The molecule has 112 valence electrons. The van der Waals surface area contributed by atoms with E-state index < -0.39 is 21.8 Å². The summed E-state index contributed by atoms with van der Waals surface area (Å²) in [5.41, 5.74) is 7.14. The third kappa shape index (κ3) is 5.68. The van der Waals surface area contributed by atoms with Gasteiger partial charge in [-0.15, -0.1) is 0 Å². The number of benzene rings is 1. The molecule has 3 N–H and O–H groups in total. The highest BCUT2D eigenvalue weighted by molar-refractivity contribution is 7.90. The summed E-state index contributed by atoms with van der Waals surface area (Å²) in [4.78, 5) is 11.9. The SMILES string of the molecule is COCc1ccccc1NC(=O)C(N)CCS(C)(=O)=O. The number of ether oxygens (including phenoxy) is 1. The molecular formula is C13H20N2O4S. The van der Waals surface area contributed by atoms with Crippen molar-refractivity contribution in [1.82, 2.24) is 0 Å². The smallest absolute Gasteiger partial charge is 0.241 e. The van der Waals surface area contributed by atoms with Crippen molar-refractivity contribution in [3.63, 3.8) is 0 Å². The van der Waals surface area contributed by atoms with Gasteiger partial charge in [0.15, 0.2) is 0 Å². The van der Waals surface area contributed by atoms with E-state index in [0.29, 0.717) is 12.3 Å². The molecule has 0 fully saturated rings. The minimum absolute atomic E-state index is 0.0944. The molecule has 1 aromatic carbocycles. The number of hydrogen-bond acceptors (Lipinski definition) is 5. The van der Waals surface area contributed by atoms with Crippen molar-refractivity contribution in [3.8, 4) is 0 Å². The Balaban J connectivity index is 2.66. The average molecular weight is 300 g/mol. The van der Waals surface area contributed by atoms with Gasteiger partial charge in [0.1, 0.15) is 9.84 Å². The molecule has 1 rings (SSSR count). The number of para-hydroxylation sites is 1. The Kier molecular flexibility index (Phi) is 6.12. The number of sulfone groups is 1. The Morgan fingerprint density at radius 3 is 2.65 bits per heavy atom. The molecule has 1 amide bonds. The number of hydrogen-bond donors (Lipinski definition) is 2. The molecular weight excluding hydrogens is 280 g/mol. The second-order valence-electron chi connectivity index (χ2n) is 4.60. The van der Waals surface area contributed by atoms with Crippen molar-refractivity contribution in [3.05, 3.63) is 29.8 Å². The number of rotatable bonds is 7. The molecule has 1 atom stereocenters. The molecule has 0 saturated heterocycles. The minimum atomic E-state index is -3.12. The van der Waals surface area contributed by atoms with Crippen LogP contribution in [0.1, 0.15) is 12.0 Å². The van der Waals surface area contributed by atoms with Gasteiger partial charge in [-0.2, -0.15) is 0 Å². The summed E-state index contributed by atoms with van der Waals surface area (Å²) in [6.07, 6.45) is 1.21. The third-order valence-electron chi connectivity index (χ3n) is 2.71. The zero-order chi connectivity index (χ0) is 15.2. The van der Waals surface area contributed by atoms with Crippen molar-refractivity contribution < 1.29 is 17.9 Å². The maximum Gasteiger partial charge on any atom is 0.241 e. The van der Waals surface area contributed by atoms with Crippen LogP contribution in [-0.2, 0) is 26.0 Å². The average Bonchev–Trinajstić information content (AvgIpc) is 2.37. The van der Waals surface area contributed by atoms with Gasteiger partial charge in [-0.3, -0.25) is 4.79 Å². The number of carbonyl (C=O) groups is 1. The van der Waals surface area contributed by atoms with Crippen LogP contribution in [0, 0.1) is 0 Å². The maximum atomic E-state index is 11.9. The van der Waals surface area contributed by atoms with Crippen LogP contribution < -0.4 is 11.1 Å². The molecule has 0 heterocycles. The van der Waals surface area contributed by atoms with Crippen molar-refractivity contribution >= 4 is 21.4 Å². The fraction of sp³-hybridized carbons (Fsp3) is 0.462. The molecule has 0 spiro atoms. The lowest BCUT2D eigenvalue weighted by atomic mass is 10.1. The standard InChI is InChI=1S/C13H20N2O4S/c1-19-9-10-5-3-4-6-12(10)15-13(16)11(14)7-8-20(2,17)18/h3-6,11H,7-9,14H2,1-2H3,(H,15,16). The van der Waals surface area contributed by atoms with E-state index >= 15 is 0 Å². The number of amides is 1. The molecule has 0 aromatic heterocycles. The van der Waals surface area contributed by atoms with Crippen LogP contribution in [0.3, 0.4) is 0 Å². The van der Waals surface area contributed by atoms with Crippen LogP contribution in [0.4, 0.5) is 5.69 Å². The van der Waals surface area contributed by atoms with Crippen molar-refractivity contribution in [2.45, 2.75) is 19.1 Å². The Hall–Kier alpha value is -1.44. The van der Waals surface area contributed by atoms with Gasteiger partial charge in [-0.1, -0.05) is 18.2 Å². The number of nitrogens with one attached hydrogen (secondary N) is 1. The van der Waals surface area contributed by atoms with Gasteiger partial charge < -0.3 is 15.8 Å². The van der Waals surface area contributed by atoms with Gasteiger partial charge >= 0.3 is 0 Å². The van der Waals surface area contributed by atoms with Crippen molar-refractivity contribution in [1.29, 1.82) is 0 Å². The van der Waals surface area contributed by atoms with Gasteiger partial charge in [0.2, 0.25) is 5.91 Å². The third-order valence-corrected chi connectivity index (χ3v) is 3.69. The van der Waals surface area contributed by atoms with Crippen LogP contribution in [0.25, 0.3) is 0 Å². The van der Waals surface area contributed by atoms with Crippen LogP contribution in [0.15, 0.2) is 24.3 Å². The highest BCUT2D eigenvalue weighted by Crippen LogP contribution is 2.16. The quantitative estimate of drug-likeness (QED) is 0.765. The predicted octanol–water partition coefficient (Wildman–Crippen LogP) is 0.534. The van der Waals surface area contributed by atoms with E-state index in [1.54, 1.807) is 19.2 Å². The molecule has 0 aliphatic carbocycles. The molecule has 7 heteroatoms. The molecule has 1 aromatic rings. The summed E-state index contributed by atoms with van der Waals surface area (Å²) in [6, 6.07) is 6.35. The Labute approximate surface area is 119 Å². The highest BCUT2D eigenvalue weighted by Gasteiger charge is 2.17. The number of carbonyl (C=O) groups excluding carboxylic acids is 1. The van der Waals surface area contributed by atoms with Gasteiger partial charge in [0.25, 0.3) is 0 Å². The summed E-state index contributed by atoms with van der Waals surface area (Å²) in [5.74, 6) is -0.515. The fourth-order valence-electron chi connectivity index (χ4n) is 1.62. The molecule has 0 saturated carbocycles. The lowest BCUT2D eigenvalue weighted by molar-refractivity contribution is -0.117. The molecule has 20 heavy (non-hydrogen) atoms. The molecule has 6 nitrogen and oxygen atoms in total. The van der Waals surface area contributed by atoms with E-state index in [2.05, 4.69) is 5.32 Å². The number of anilines is 1. The first-order chi connectivity index (χ1) is 9.33. The zero-order valence-corrected chi connectivity index (χ0v) is 12.4. The molecule has 0 radical (unpaired) electrons. The highest BCUT2D eigenvalue weighted by atomic mass is 32.2. The summed E-state index contributed by atoms with van der Waals surface area (Å²) in [5, 5.41) is 2.69. The molecule has 0 aliphatic rings. The minimum Gasteiger partial charge on any atom is -0.380 e. The monoisotopic (exact) mass is 300 g/mol. The van der Waals surface area contributed by atoms with E-state index in [0.717, 1.165) is 11.8 Å².